The van der Waals surface area contributed by atoms with Crippen LogP contribution in [0.3, 0.4) is 0 Å². The number of fused-ring (bicyclic) bond motifs is 1. The van der Waals surface area contributed by atoms with E-state index in [4.69, 9.17) is 16.2 Å². The van der Waals surface area contributed by atoms with Gasteiger partial charge in [-0.3, -0.25) is 13.8 Å². The molecule has 11 nitrogen and oxygen atoms in total. The summed E-state index contributed by atoms with van der Waals surface area (Å²) in [6, 6.07) is -1.86. The maximum atomic E-state index is 12.3. The van der Waals surface area contributed by atoms with E-state index in [1.165, 1.54) is 17.2 Å². The minimum Gasteiger partial charge on any atom is -0.394 e. The van der Waals surface area contributed by atoms with Crippen LogP contribution in [-0.4, -0.2) is 73.2 Å². The largest absolute Gasteiger partial charge is 0.394 e. The van der Waals surface area contributed by atoms with Crippen LogP contribution in [-0.2, 0) is 9.53 Å². The number of imidazole rings is 1. The summed E-state index contributed by atoms with van der Waals surface area (Å²) in [7, 11) is 0. The number of nitrogens with two attached hydrogens (primary N) is 2. The van der Waals surface area contributed by atoms with Gasteiger partial charge in [0.2, 0.25) is 5.91 Å². The quantitative estimate of drug-likeness (QED) is 0.370. The molecule has 0 aromatic carbocycles. The van der Waals surface area contributed by atoms with E-state index in [9.17, 15) is 19.4 Å². The Hall–Kier alpha value is -2.41. The number of nitrogens with zero attached hydrogens (tertiary/aromatic N) is 4. The van der Waals surface area contributed by atoms with Crippen LogP contribution in [0.1, 0.15) is 19.1 Å². The maximum absolute atomic E-state index is 12.3. The fraction of sp³-hybridized carbons (Fsp3) is 0.600. The Morgan fingerprint density at radius 1 is 1.44 bits per heavy atom. The number of anilines is 1. The summed E-state index contributed by atoms with van der Waals surface area (Å²) in [6.07, 6.45) is -0.0664. The number of carbonyl (C=O) groups is 1. The van der Waals surface area contributed by atoms with Crippen LogP contribution < -0.4 is 16.8 Å². The topological polar surface area (TPSA) is 174 Å². The SMILES string of the molecule is Nc1ncnc2c1ncn2[C@@H]1O[C@H](CO)[C@H](O)C1NC(=O)C(N)CCCF. The minimum absolute atomic E-state index is 0.156. The lowest BCUT2D eigenvalue weighted by Gasteiger charge is -2.24. The van der Waals surface area contributed by atoms with Gasteiger partial charge in [0.25, 0.3) is 0 Å². The lowest BCUT2D eigenvalue weighted by atomic mass is 10.1. The van der Waals surface area contributed by atoms with E-state index in [1.807, 2.05) is 0 Å². The third kappa shape index (κ3) is 3.69. The molecule has 3 heterocycles. The van der Waals surface area contributed by atoms with Crippen LogP contribution in [0.5, 0.6) is 0 Å². The van der Waals surface area contributed by atoms with Crippen molar-refractivity contribution in [2.24, 2.45) is 5.73 Å². The van der Waals surface area contributed by atoms with Gasteiger partial charge >= 0.3 is 0 Å². The molecule has 1 saturated heterocycles. The van der Waals surface area contributed by atoms with Crippen molar-refractivity contribution < 1.29 is 24.1 Å². The zero-order valence-corrected chi connectivity index (χ0v) is 14.4. The van der Waals surface area contributed by atoms with Crippen LogP contribution in [0.2, 0.25) is 0 Å². The molecule has 2 aromatic heterocycles. The number of halogens is 1. The number of aromatic nitrogens is 4. The van der Waals surface area contributed by atoms with E-state index in [1.54, 1.807) is 0 Å². The third-order valence-corrected chi connectivity index (χ3v) is 4.51. The summed E-state index contributed by atoms with van der Waals surface area (Å²) in [4.78, 5) is 24.4. The molecule has 2 aromatic rings. The summed E-state index contributed by atoms with van der Waals surface area (Å²) < 4.78 is 19.5. The third-order valence-electron chi connectivity index (χ3n) is 4.51. The van der Waals surface area contributed by atoms with E-state index >= 15 is 0 Å². The molecule has 1 amide bonds. The van der Waals surface area contributed by atoms with E-state index in [2.05, 4.69) is 20.3 Å². The number of aliphatic hydroxyl groups is 2. The Labute approximate surface area is 153 Å². The first kappa shape index (κ1) is 19.4. The van der Waals surface area contributed by atoms with Crippen molar-refractivity contribution in [3.8, 4) is 0 Å². The Kier molecular flexibility index (Phi) is 5.79. The molecule has 0 saturated carbocycles. The molecule has 3 rings (SSSR count). The van der Waals surface area contributed by atoms with E-state index in [0.717, 1.165) is 0 Å². The summed E-state index contributed by atoms with van der Waals surface area (Å²) in [6.45, 7) is -1.03. The monoisotopic (exact) mass is 383 g/mol. The first-order valence-corrected chi connectivity index (χ1v) is 8.47. The van der Waals surface area contributed by atoms with E-state index in [-0.39, 0.29) is 18.7 Å². The summed E-state index contributed by atoms with van der Waals surface area (Å²) in [5.74, 6) is -0.386. The predicted molar refractivity (Wildman–Crippen MR) is 91.9 cm³/mol. The number of carbonyl (C=O) groups excluding carboxylic acids is 1. The highest BCUT2D eigenvalue weighted by Crippen LogP contribution is 2.32. The fourth-order valence-electron chi connectivity index (χ4n) is 3.05. The Morgan fingerprint density at radius 3 is 2.93 bits per heavy atom. The van der Waals surface area contributed by atoms with Crippen molar-refractivity contribution in [2.75, 3.05) is 19.0 Å². The Bertz CT molecular complexity index is 804. The van der Waals surface area contributed by atoms with Gasteiger partial charge in [-0.2, -0.15) is 0 Å². The van der Waals surface area contributed by atoms with Crippen molar-refractivity contribution >= 4 is 22.9 Å². The van der Waals surface area contributed by atoms with Crippen LogP contribution >= 0.6 is 0 Å². The number of hydrogen-bond acceptors (Lipinski definition) is 9. The Morgan fingerprint density at radius 2 is 2.22 bits per heavy atom. The molecule has 27 heavy (non-hydrogen) atoms. The summed E-state index contributed by atoms with van der Waals surface area (Å²) in [5, 5.41) is 22.5. The van der Waals surface area contributed by atoms with E-state index < -0.39 is 49.7 Å². The molecule has 1 fully saturated rings. The second kappa shape index (κ2) is 8.08. The molecule has 1 aliphatic rings. The molecule has 148 valence electrons. The molecular weight excluding hydrogens is 361 g/mol. The van der Waals surface area contributed by atoms with E-state index in [0.29, 0.717) is 11.2 Å². The highest BCUT2D eigenvalue weighted by atomic mass is 19.1. The summed E-state index contributed by atoms with van der Waals surface area (Å²) >= 11 is 0. The lowest BCUT2D eigenvalue weighted by molar-refractivity contribution is -0.124. The number of ether oxygens (including phenoxy) is 1. The van der Waals surface area contributed by atoms with Gasteiger partial charge in [-0.25, -0.2) is 15.0 Å². The molecule has 0 spiro atoms. The normalized spacial score (nSPS) is 26.4. The zero-order valence-electron chi connectivity index (χ0n) is 14.4. The lowest BCUT2D eigenvalue weighted by Crippen LogP contribution is -2.51. The number of rotatable bonds is 7. The van der Waals surface area contributed by atoms with Gasteiger partial charge in [0.05, 0.1) is 25.7 Å². The zero-order chi connectivity index (χ0) is 19.6. The van der Waals surface area contributed by atoms with Crippen LogP contribution in [0, 0.1) is 0 Å². The van der Waals surface area contributed by atoms with Crippen molar-refractivity contribution in [1.82, 2.24) is 24.8 Å². The first-order valence-electron chi connectivity index (χ1n) is 8.47. The molecule has 1 aliphatic heterocycles. The van der Waals surface area contributed by atoms with Gasteiger partial charge in [-0.05, 0) is 12.8 Å². The standard InChI is InChI=1S/C15H22FN7O4/c16-3-1-2-7(17)14(26)22-9-11(25)8(4-24)27-15(9)23-6-21-10-12(18)19-5-20-13(10)23/h5-9,11,15,24-25H,1-4,17H2,(H,22,26)(H2,18,19,20)/t7?,8-,9?,11+,15-/m1/s1. The fourth-order valence-corrected chi connectivity index (χ4v) is 3.05. The molecule has 12 heteroatoms. The second-order valence-electron chi connectivity index (χ2n) is 6.29. The number of nitrogens with one attached hydrogen (secondary N) is 1. The average Bonchev–Trinajstić information content (AvgIpc) is 3.22. The Balaban J connectivity index is 1.87. The van der Waals surface area contributed by atoms with Gasteiger partial charge in [-0.15, -0.1) is 0 Å². The average molecular weight is 383 g/mol. The van der Waals surface area contributed by atoms with Gasteiger partial charge in [0, 0.05) is 0 Å². The number of hydrogen-bond donors (Lipinski definition) is 5. The highest BCUT2D eigenvalue weighted by Gasteiger charge is 2.46. The molecule has 5 atom stereocenters. The van der Waals surface area contributed by atoms with Crippen LogP contribution in [0.25, 0.3) is 11.2 Å². The van der Waals surface area contributed by atoms with Crippen molar-refractivity contribution in [3.63, 3.8) is 0 Å². The maximum Gasteiger partial charge on any atom is 0.237 e. The smallest absolute Gasteiger partial charge is 0.237 e. The van der Waals surface area contributed by atoms with Gasteiger partial charge in [0.15, 0.2) is 17.7 Å². The molecule has 7 N–H and O–H groups in total. The number of amides is 1. The second-order valence-corrected chi connectivity index (χ2v) is 6.29. The number of alkyl halides is 1. The van der Waals surface area contributed by atoms with Crippen molar-refractivity contribution in [2.45, 2.75) is 43.4 Å². The van der Waals surface area contributed by atoms with Crippen molar-refractivity contribution in [3.05, 3.63) is 12.7 Å². The minimum atomic E-state index is -1.20. The molecule has 2 unspecified atom stereocenters. The molecule has 0 radical (unpaired) electrons. The predicted octanol–water partition coefficient (Wildman–Crippen LogP) is -1.78. The first-order chi connectivity index (χ1) is 13.0. The van der Waals surface area contributed by atoms with Gasteiger partial charge < -0.3 is 31.7 Å². The number of aliphatic hydroxyl groups excluding tert-OH is 2. The molecule has 0 bridgehead atoms. The summed E-state index contributed by atoms with van der Waals surface area (Å²) in [5.41, 5.74) is 12.2. The van der Waals surface area contributed by atoms with Crippen LogP contribution in [0.15, 0.2) is 12.7 Å². The van der Waals surface area contributed by atoms with Gasteiger partial charge in [0.1, 0.15) is 30.1 Å². The molecular formula is C15H22FN7O4. The van der Waals surface area contributed by atoms with Crippen molar-refractivity contribution in [1.29, 1.82) is 0 Å². The highest BCUT2D eigenvalue weighted by molar-refractivity contribution is 5.82. The number of nitrogen functional groups attached to an aromatic ring is 1. The molecule has 0 aliphatic carbocycles. The van der Waals surface area contributed by atoms with Gasteiger partial charge in [-0.1, -0.05) is 0 Å². The van der Waals surface area contributed by atoms with Crippen LogP contribution in [0.4, 0.5) is 10.2 Å².